The van der Waals surface area contributed by atoms with E-state index in [4.69, 9.17) is 10.00 Å². The molecule has 15 heavy (non-hydrogen) atoms. The smallest absolute Gasteiger partial charge is 0.144 e. The van der Waals surface area contributed by atoms with Gasteiger partial charge in [-0.1, -0.05) is 6.07 Å². The first-order valence-electron chi connectivity index (χ1n) is 4.60. The lowest BCUT2D eigenvalue weighted by atomic mass is 10.2. The summed E-state index contributed by atoms with van der Waals surface area (Å²) < 4.78 is 18.5. The molecule has 0 aromatic heterocycles. The Labute approximate surface area is 93.1 Å². The van der Waals surface area contributed by atoms with Gasteiger partial charge >= 0.3 is 0 Å². The summed E-state index contributed by atoms with van der Waals surface area (Å²) in [6.45, 7) is 0.513. The van der Waals surface area contributed by atoms with Crippen molar-refractivity contribution in [3.63, 3.8) is 0 Å². The van der Waals surface area contributed by atoms with Crippen LogP contribution in [-0.4, -0.2) is 18.6 Å². The van der Waals surface area contributed by atoms with E-state index in [2.05, 4.69) is 0 Å². The van der Waals surface area contributed by atoms with Crippen LogP contribution in [-0.2, 0) is 0 Å². The predicted octanol–water partition coefficient (Wildman–Crippen LogP) is 2.83. The van der Waals surface area contributed by atoms with E-state index >= 15 is 0 Å². The monoisotopic (exact) mass is 225 g/mol. The molecule has 0 aliphatic carbocycles. The van der Waals surface area contributed by atoms with Crippen LogP contribution >= 0.6 is 11.8 Å². The third-order valence-electron chi connectivity index (χ3n) is 1.84. The molecule has 1 aromatic carbocycles. The van der Waals surface area contributed by atoms with Crippen LogP contribution in [0.3, 0.4) is 0 Å². The second-order valence-electron chi connectivity index (χ2n) is 2.92. The Morgan fingerprint density at radius 3 is 3.00 bits per heavy atom. The van der Waals surface area contributed by atoms with E-state index in [-0.39, 0.29) is 5.56 Å². The molecule has 0 saturated heterocycles. The summed E-state index contributed by atoms with van der Waals surface area (Å²) in [6, 6.07) is 6.21. The van der Waals surface area contributed by atoms with Gasteiger partial charge in [0.25, 0.3) is 0 Å². The highest BCUT2D eigenvalue weighted by atomic mass is 32.2. The molecule has 0 atom stereocenters. The maximum atomic E-state index is 13.1. The van der Waals surface area contributed by atoms with E-state index in [1.165, 1.54) is 6.07 Å². The van der Waals surface area contributed by atoms with Crippen molar-refractivity contribution >= 4 is 11.8 Å². The summed E-state index contributed by atoms with van der Waals surface area (Å²) in [5.74, 6) is 0.801. The maximum absolute atomic E-state index is 13.1. The highest BCUT2D eigenvalue weighted by Crippen LogP contribution is 2.20. The molecular weight excluding hydrogens is 213 g/mol. The van der Waals surface area contributed by atoms with Crippen LogP contribution < -0.4 is 4.74 Å². The van der Waals surface area contributed by atoms with E-state index in [1.54, 1.807) is 30.0 Å². The number of halogens is 1. The third kappa shape index (κ3) is 3.45. The lowest BCUT2D eigenvalue weighted by Crippen LogP contribution is -2.01. The zero-order valence-corrected chi connectivity index (χ0v) is 9.31. The van der Waals surface area contributed by atoms with E-state index in [9.17, 15) is 4.39 Å². The molecule has 0 heterocycles. The zero-order chi connectivity index (χ0) is 11.1. The van der Waals surface area contributed by atoms with Crippen molar-refractivity contribution in [3.8, 4) is 11.8 Å². The molecule has 0 bridgehead atoms. The number of rotatable bonds is 5. The number of nitriles is 1. The molecule has 0 spiro atoms. The fraction of sp³-hybridized carbons (Fsp3) is 0.364. The van der Waals surface area contributed by atoms with Crippen LogP contribution in [0.15, 0.2) is 18.2 Å². The van der Waals surface area contributed by atoms with E-state index in [0.29, 0.717) is 12.4 Å². The Morgan fingerprint density at radius 2 is 2.33 bits per heavy atom. The number of nitrogens with zero attached hydrogens (tertiary/aromatic N) is 1. The lowest BCUT2D eigenvalue weighted by Gasteiger charge is -2.07. The molecule has 0 amide bonds. The van der Waals surface area contributed by atoms with Crippen molar-refractivity contribution in [2.75, 3.05) is 18.6 Å². The van der Waals surface area contributed by atoms with Gasteiger partial charge in [0.05, 0.1) is 6.61 Å². The first kappa shape index (κ1) is 11.9. The molecular formula is C11H12FNOS. The molecule has 1 rings (SSSR count). The minimum atomic E-state index is -0.528. The largest absolute Gasteiger partial charge is 0.492 e. The summed E-state index contributed by atoms with van der Waals surface area (Å²) in [5.41, 5.74) is -0.0124. The molecule has 0 fully saturated rings. The molecule has 2 nitrogen and oxygen atoms in total. The van der Waals surface area contributed by atoms with Crippen molar-refractivity contribution in [3.05, 3.63) is 29.6 Å². The Bertz CT molecular complexity index is 362. The molecule has 0 aliphatic rings. The van der Waals surface area contributed by atoms with Gasteiger partial charge in [0.15, 0.2) is 0 Å². The van der Waals surface area contributed by atoms with Crippen molar-refractivity contribution in [1.82, 2.24) is 0 Å². The van der Waals surface area contributed by atoms with Gasteiger partial charge in [-0.3, -0.25) is 0 Å². The van der Waals surface area contributed by atoms with E-state index in [1.807, 2.05) is 6.26 Å². The molecule has 0 aliphatic heterocycles. The fourth-order valence-corrected chi connectivity index (χ4v) is 1.53. The van der Waals surface area contributed by atoms with Gasteiger partial charge in [0.1, 0.15) is 23.2 Å². The van der Waals surface area contributed by atoms with Gasteiger partial charge < -0.3 is 4.74 Å². The van der Waals surface area contributed by atoms with Crippen molar-refractivity contribution < 1.29 is 9.13 Å². The summed E-state index contributed by atoms with van der Waals surface area (Å²) in [4.78, 5) is 0. The average Bonchev–Trinajstić information content (AvgIpc) is 2.24. The molecule has 0 saturated carbocycles. The van der Waals surface area contributed by atoms with Gasteiger partial charge in [-0.25, -0.2) is 4.39 Å². The second-order valence-corrected chi connectivity index (χ2v) is 3.91. The molecule has 0 radical (unpaired) electrons. The van der Waals surface area contributed by atoms with Crippen LogP contribution in [0, 0.1) is 17.1 Å². The SMILES string of the molecule is CSCCCOc1cccc(F)c1C#N. The van der Waals surface area contributed by atoms with Crippen molar-refractivity contribution in [1.29, 1.82) is 5.26 Å². The number of ether oxygens (including phenoxy) is 1. The molecule has 80 valence electrons. The zero-order valence-electron chi connectivity index (χ0n) is 8.50. The number of hydrogen-bond acceptors (Lipinski definition) is 3. The highest BCUT2D eigenvalue weighted by molar-refractivity contribution is 7.98. The topological polar surface area (TPSA) is 33.0 Å². The molecule has 1 aromatic rings. The Balaban J connectivity index is 2.61. The minimum Gasteiger partial charge on any atom is -0.492 e. The van der Waals surface area contributed by atoms with Crippen LogP contribution in [0.1, 0.15) is 12.0 Å². The summed E-state index contributed by atoms with van der Waals surface area (Å²) >= 11 is 1.73. The first-order chi connectivity index (χ1) is 7.29. The van der Waals surface area contributed by atoms with Crippen molar-refractivity contribution in [2.24, 2.45) is 0 Å². The number of benzene rings is 1. The van der Waals surface area contributed by atoms with Crippen LogP contribution in [0.5, 0.6) is 5.75 Å². The van der Waals surface area contributed by atoms with Gasteiger partial charge in [-0.15, -0.1) is 0 Å². The summed E-state index contributed by atoms with van der Waals surface area (Å²) in [6.07, 6.45) is 2.91. The number of hydrogen-bond donors (Lipinski definition) is 0. The normalized spacial score (nSPS) is 9.67. The average molecular weight is 225 g/mol. The van der Waals surface area contributed by atoms with Crippen LogP contribution in [0.4, 0.5) is 4.39 Å². The lowest BCUT2D eigenvalue weighted by molar-refractivity contribution is 0.316. The maximum Gasteiger partial charge on any atom is 0.144 e. The van der Waals surface area contributed by atoms with E-state index in [0.717, 1.165) is 12.2 Å². The first-order valence-corrected chi connectivity index (χ1v) is 5.99. The van der Waals surface area contributed by atoms with Gasteiger partial charge in [0, 0.05) is 0 Å². The Kier molecular flexibility index (Phi) is 4.99. The second kappa shape index (κ2) is 6.31. The fourth-order valence-electron chi connectivity index (χ4n) is 1.12. The van der Waals surface area contributed by atoms with Crippen molar-refractivity contribution in [2.45, 2.75) is 6.42 Å². The molecule has 0 N–H and O–H groups in total. The van der Waals surface area contributed by atoms with Crippen LogP contribution in [0.25, 0.3) is 0 Å². The van der Waals surface area contributed by atoms with E-state index < -0.39 is 5.82 Å². The molecule has 4 heteroatoms. The standard InChI is InChI=1S/C11H12FNOS/c1-15-7-3-6-14-11-5-2-4-10(12)9(11)8-13/h2,4-5H,3,6-7H2,1H3. The van der Waals surface area contributed by atoms with Gasteiger partial charge in [0.2, 0.25) is 0 Å². The minimum absolute atomic E-state index is 0.0124. The molecule has 0 unspecified atom stereocenters. The number of thioether (sulfide) groups is 1. The highest BCUT2D eigenvalue weighted by Gasteiger charge is 2.07. The third-order valence-corrected chi connectivity index (χ3v) is 2.53. The Hall–Kier alpha value is -1.21. The quantitative estimate of drug-likeness (QED) is 0.722. The Morgan fingerprint density at radius 1 is 1.53 bits per heavy atom. The predicted molar refractivity (Wildman–Crippen MR) is 59.6 cm³/mol. The van der Waals surface area contributed by atoms with Crippen LogP contribution in [0.2, 0.25) is 0 Å². The summed E-state index contributed by atoms with van der Waals surface area (Å²) in [7, 11) is 0. The van der Waals surface area contributed by atoms with Gasteiger partial charge in [-0.2, -0.15) is 17.0 Å². The van der Waals surface area contributed by atoms with Gasteiger partial charge in [-0.05, 0) is 30.6 Å². The summed E-state index contributed by atoms with van der Waals surface area (Å²) in [5, 5.41) is 8.73.